The third-order valence-electron chi connectivity index (χ3n) is 9.65. The van der Waals surface area contributed by atoms with Gasteiger partial charge in [-0.25, -0.2) is 19.3 Å². The van der Waals surface area contributed by atoms with Gasteiger partial charge in [0.25, 0.3) is 5.91 Å². The second-order valence-electron chi connectivity index (χ2n) is 13.1. The van der Waals surface area contributed by atoms with E-state index in [1.807, 2.05) is 30.3 Å². The number of halogens is 2. The van der Waals surface area contributed by atoms with E-state index in [-0.39, 0.29) is 30.4 Å². The number of aromatic nitrogens is 4. The lowest BCUT2D eigenvalue weighted by Crippen LogP contribution is -2.33. The Kier molecular flexibility index (Phi) is 8.97. The second-order valence-corrected chi connectivity index (χ2v) is 13.5. The maximum atomic E-state index is 14.2. The van der Waals surface area contributed by atoms with Gasteiger partial charge in [-0.15, -0.1) is 0 Å². The van der Waals surface area contributed by atoms with Crippen LogP contribution in [0.15, 0.2) is 72.9 Å². The molecule has 0 saturated carbocycles. The molecule has 2 N–H and O–H groups in total. The minimum atomic E-state index is -0.411. The Hall–Kier alpha value is -5.17. The number of rotatable bonds is 10. The molecule has 2 atom stereocenters. The van der Waals surface area contributed by atoms with Crippen molar-refractivity contribution in [3.8, 4) is 5.88 Å². The Labute approximate surface area is 298 Å². The van der Waals surface area contributed by atoms with Crippen molar-refractivity contribution in [3.05, 3.63) is 112 Å². The predicted octanol–water partition coefficient (Wildman–Crippen LogP) is 6.58. The number of ether oxygens (including phenoxy) is 2. The van der Waals surface area contributed by atoms with Crippen LogP contribution in [0.25, 0.3) is 16.6 Å². The summed E-state index contributed by atoms with van der Waals surface area (Å²) in [5, 5.41) is 6.05. The highest BCUT2D eigenvalue weighted by atomic mass is 35.5. The highest BCUT2D eigenvalue weighted by molar-refractivity contribution is 6.30. The maximum Gasteiger partial charge on any atom is 0.257 e. The lowest BCUT2D eigenvalue weighted by atomic mass is 10.0. The van der Waals surface area contributed by atoms with Gasteiger partial charge in [-0.1, -0.05) is 29.8 Å². The minimum absolute atomic E-state index is 0.0551. The van der Waals surface area contributed by atoms with Crippen LogP contribution in [0.1, 0.15) is 58.7 Å². The monoisotopic (exact) mass is 707 g/mol. The van der Waals surface area contributed by atoms with Crippen molar-refractivity contribution < 1.29 is 23.5 Å². The van der Waals surface area contributed by atoms with Crippen LogP contribution in [-0.4, -0.2) is 62.0 Å². The molecule has 1 saturated heterocycles. The summed E-state index contributed by atoms with van der Waals surface area (Å²) in [4.78, 5) is 41.6. The number of amides is 2. The zero-order valence-electron chi connectivity index (χ0n) is 27.9. The molecule has 6 heterocycles. The van der Waals surface area contributed by atoms with E-state index in [1.165, 1.54) is 12.3 Å². The van der Waals surface area contributed by atoms with Crippen LogP contribution in [0.2, 0.25) is 5.02 Å². The van der Waals surface area contributed by atoms with Gasteiger partial charge < -0.3 is 24.7 Å². The molecular weight excluding hydrogens is 673 g/mol. The zero-order valence-corrected chi connectivity index (χ0v) is 28.6. The minimum Gasteiger partial charge on any atom is -0.473 e. The highest BCUT2D eigenvalue weighted by Gasteiger charge is 2.29. The van der Waals surface area contributed by atoms with Crippen LogP contribution >= 0.6 is 11.6 Å². The summed E-state index contributed by atoms with van der Waals surface area (Å²) >= 11 is 5.87. The lowest BCUT2D eigenvalue weighted by molar-refractivity contribution is -0.116. The number of hydrogen-bond donors (Lipinski definition) is 2. The Morgan fingerprint density at radius 3 is 2.82 bits per heavy atom. The van der Waals surface area contributed by atoms with E-state index in [2.05, 4.69) is 31.2 Å². The molecule has 3 aliphatic heterocycles. The van der Waals surface area contributed by atoms with Crippen molar-refractivity contribution in [2.24, 2.45) is 0 Å². The summed E-state index contributed by atoms with van der Waals surface area (Å²) in [6.45, 7) is 5.49. The fraction of sp³-hybridized carbons (Fsp3) is 0.289. The third-order valence-corrected chi connectivity index (χ3v) is 9.88. The third kappa shape index (κ3) is 6.94. The second kappa shape index (κ2) is 13.9. The van der Waals surface area contributed by atoms with Crippen LogP contribution in [0.5, 0.6) is 5.88 Å². The first-order valence-corrected chi connectivity index (χ1v) is 17.3. The van der Waals surface area contributed by atoms with Gasteiger partial charge in [0.2, 0.25) is 11.8 Å². The van der Waals surface area contributed by atoms with Gasteiger partial charge in [-0.2, -0.15) is 0 Å². The molecule has 1 fully saturated rings. The van der Waals surface area contributed by atoms with Crippen LogP contribution in [0.3, 0.4) is 0 Å². The molecule has 13 heteroatoms. The number of carbonyl (C=O) groups is 2. The molecule has 1 unspecified atom stereocenters. The lowest BCUT2D eigenvalue weighted by Gasteiger charge is -2.29. The van der Waals surface area contributed by atoms with Crippen LogP contribution in [0, 0.1) is 5.82 Å². The molecule has 0 radical (unpaired) electrons. The summed E-state index contributed by atoms with van der Waals surface area (Å²) in [6, 6.07) is 17.6. The van der Waals surface area contributed by atoms with E-state index in [1.54, 1.807) is 31.2 Å². The Morgan fingerprint density at radius 2 is 2.04 bits per heavy atom. The predicted molar refractivity (Wildman–Crippen MR) is 191 cm³/mol. The average Bonchev–Trinajstić information content (AvgIpc) is 3.60. The molecule has 51 heavy (non-hydrogen) atoms. The highest BCUT2D eigenvalue weighted by Crippen LogP contribution is 2.32. The van der Waals surface area contributed by atoms with E-state index >= 15 is 0 Å². The van der Waals surface area contributed by atoms with Gasteiger partial charge in [0.15, 0.2) is 0 Å². The molecule has 3 aliphatic rings. The first-order valence-electron chi connectivity index (χ1n) is 17.0. The molecule has 3 aromatic heterocycles. The fourth-order valence-electron chi connectivity index (χ4n) is 6.58. The first kappa shape index (κ1) is 33.0. The Balaban J connectivity index is 0.957. The van der Waals surface area contributed by atoms with Crippen molar-refractivity contribution in [3.63, 3.8) is 0 Å². The summed E-state index contributed by atoms with van der Waals surface area (Å²) < 4.78 is 28.1. The number of nitrogens with zero attached hydrogens (tertiary/aromatic N) is 5. The van der Waals surface area contributed by atoms with E-state index in [0.717, 1.165) is 60.7 Å². The molecule has 2 amide bonds. The number of carbonyl (C=O) groups excluding carboxylic acids is 2. The van der Waals surface area contributed by atoms with Crippen molar-refractivity contribution in [2.75, 3.05) is 30.3 Å². The summed E-state index contributed by atoms with van der Waals surface area (Å²) in [6.07, 6.45) is 5.60. The SMILES string of the molecule is CC1C(=O)Nc2ncc(C(=O)Nc3ccc4c(c3)nc(CN3CC=C(c5cccc(OCc6ccc(Cl)cc6F)n5)CC3)n4C[C@@H]3CCO3)cc21. The number of nitrogens with one attached hydrogen (secondary N) is 2. The van der Waals surface area contributed by atoms with Crippen molar-refractivity contribution in [2.45, 2.75) is 51.5 Å². The molecule has 11 nitrogen and oxygen atoms in total. The largest absolute Gasteiger partial charge is 0.473 e. The first-order chi connectivity index (χ1) is 24.8. The van der Waals surface area contributed by atoms with Gasteiger partial charge >= 0.3 is 0 Å². The van der Waals surface area contributed by atoms with E-state index < -0.39 is 5.82 Å². The number of hydrogen-bond acceptors (Lipinski definition) is 8. The molecular formula is C38H35ClFN7O4. The molecule has 8 rings (SSSR count). The maximum absolute atomic E-state index is 14.2. The van der Waals surface area contributed by atoms with Gasteiger partial charge in [0, 0.05) is 53.8 Å². The fourth-order valence-corrected chi connectivity index (χ4v) is 6.73. The van der Waals surface area contributed by atoms with Crippen molar-refractivity contribution in [1.82, 2.24) is 24.4 Å². The van der Waals surface area contributed by atoms with E-state index in [4.69, 9.17) is 31.0 Å². The number of pyridine rings is 2. The smallest absolute Gasteiger partial charge is 0.257 e. The molecule has 0 aliphatic carbocycles. The number of anilines is 2. The molecule has 260 valence electrons. The average molecular weight is 708 g/mol. The summed E-state index contributed by atoms with van der Waals surface area (Å²) in [7, 11) is 0. The molecule has 0 spiro atoms. The molecule has 0 bridgehead atoms. The Morgan fingerprint density at radius 1 is 1.16 bits per heavy atom. The normalized spacial score (nSPS) is 18.6. The molecule has 5 aromatic rings. The topological polar surface area (TPSA) is 124 Å². The number of fused-ring (bicyclic) bond motifs is 2. The quantitative estimate of drug-likeness (QED) is 0.167. The van der Waals surface area contributed by atoms with Gasteiger partial charge in [-0.3, -0.25) is 14.5 Å². The number of benzene rings is 2. The van der Waals surface area contributed by atoms with Crippen molar-refractivity contribution in [1.29, 1.82) is 0 Å². The zero-order chi connectivity index (χ0) is 35.1. The van der Waals surface area contributed by atoms with E-state index in [0.29, 0.717) is 52.2 Å². The van der Waals surface area contributed by atoms with Gasteiger partial charge in [0.1, 0.15) is 24.1 Å². The number of imidazole rings is 1. The van der Waals surface area contributed by atoms with Crippen molar-refractivity contribution >= 4 is 51.5 Å². The van der Waals surface area contributed by atoms with Crippen LogP contribution in [0.4, 0.5) is 15.9 Å². The standard InChI is InChI=1S/C38H35ClFN7O4/c1-22-29-15-25(18-41-36(29)45-37(22)48)38(49)42-27-7-8-33-32(17-27)43-34(47(33)19-28-11-14-50-28)20-46-12-9-23(10-13-46)31-3-2-4-35(44-31)51-21-24-5-6-26(39)16-30(24)40/h2-9,15-18,22,28H,10-14,19-21H2,1H3,(H,42,49)(H,41,45,48)/t22?,28-/m0/s1. The van der Waals surface area contributed by atoms with Crippen LogP contribution < -0.4 is 15.4 Å². The Bertz CT molecular complexity index is 2200. The van der Waals surface area contributed by atoms with Gasteiger partial charge in [-0.05, 0) is 67.8 Å². The van der Waals surface area contributed by atoms with Gasteiger partial charge in [0.05, 0.1) is 47.4 Å². The summed E-state index contributed by atoms with van der Waals surface area (Å²) in [5.41, 5.74) is 5.85. The van der Waals surface area contributed by atoms with E-state index in [9.17, 15) is 14.0 Å². The van der Waals surface area contributed by atoms with Crippen LogP contribution in [-0.2, 0) is 29.2 Å². The summed E-state index contributed by atoms with van der Waals surface area (Å²) in [5.74, 6) is 0.655. The molecule has 2 aromatic carbocycles.